The fourth-order valence-electron chi connectivity index (χ4n) is 6.74. The van der Waals surface area contributed by atoms with Gasteiger partial charge in [-0.3, -0.25) is 4.79 Å². The summed E-state index contributed by atoms with van der Waals surface area (Å²) in [5, 5.41) is 16.0. The third kappa shape index (κ3) is 4.69. The molecule has 2 fully saturated rings. The summed E-state index contributed by atoms with van der Waals surface area (Å²) in [6, 6.07) is 20.8. The highest BCUT2D eigenvalue weighted by Crippen LogP contribution is 2.50. The van der Waals surface area contributed by atoms with E-state index >= 15 is 0 Å². The lowest BCUT2D eigenvalue weighted by atomic mass is 9.81. The maximum Gasteiger partial charge on any atom is 0.241 e. The Hall–Kier alpha value is -3.75. The molecule has 7 rings (SSSR count). The second-order valence-electron chi connectivity index (χ2n) is 12.2. The fraction of sp³-hybridized carbons (Fsp3) is 0.364. The molecule has 3 aromatic carbocycles. The predicted molar refractivity (Wildman–Crippen MR) is 159 cm³/mol. The van der Waals surface area contributed by atoms with Crippen LogP contribution in [0.25, 0.3) is 28.0 Å². The lowest BCUT2D eigenvalue weighted by Gasteiger charge is -2.23. The lowest BCUT2D eigenvalue weighted by Crippen LogP contribution is -2.47. The Morgan fingerprint density at radius 2 is 1.49 bits per heavy atom. The first-order valence-corrected chi connectivity index (χ1v) is 14.4. The summed E-state index contributed by atoms with van der Waals surface area (Å²) in [6.45, 7) is 5.07. The highest BCUT2D eigenvalue weighted by molar-refractivity contribution is 5.96. The van der Waals surface area contributed by atoms with Crippen LogP contribution in [0.15, 0.2) is 66.9 Å². The molecule has 8 heteroatoms. The molecule has 0 radical (unpaired) electrons. The van der Waals surface area contributed by atoms with E-state index in [2.05, 4.69) is 95.0 Å². The largest absolute Gasteiger partial charge is 0.368 e. The van der Waals surface area contributed by atoms with Gasteiger partial charge in [-0.05, 0) is 63.6 Å². The summed E-state index contributed by atoms with van der Waals surface area (Å²) in [4.78, 5) is 12.7. The first-order chi connectivity index (χ1) is 19.8. The van der Waals surface area contributed by atoms with Crippen LogP contribution in [0.3, 0.4) is 0 Å². The quantitative estimate of drug-likeness (QED) is 0.312. The van der Waals surface area contributed by atoms with E-state index in [9.17, 15) is 13.6 Å². The van der Waals surface area contributed by atoms with E-state index in [1.165, 1.54) is 16.7 Å². The summed E-state index contributed by atoms with van der Waals surface area (Å²) >= 11 is 0. The van der Waals surface area contributed by atoms with Gasteiger partial charge in [0, 0.05) is 42.9 Å². The summed E-state index contributed by atoms with van der Waals surface area (Å²) in [6.07, 6.45) is 0.921. The summed E-state index contributed by atoms with van der Waals surface area (Å²) in [5.74, 6) is -0.192. The molecule has 2 saturated heterocycles. The summed E-state index contributed by atoms with van der Waals surface area (Å²) in [7, 11) is 0. The van der Waals surface area contributed by atoms with E-state index in [0.29, 0.717) is 13.0 Å². The molecular weight excluding hydrogens is 520 g/mol. The van der Waals surface area contributed by atoms with E-state index in [0.717, 1.165) is 33.6 Å². The number of halogens is 2. The number of carbonyl (C=O) groups excluding carboxylic acids is 1. The zero-order chi connectivity index (χ0) is 28.3. The second kappa shape index (κ2) is 9.96. The zero-order valence-corrected chi connectivity index (χ0v) is 23.2. The number of hydrogen-bond acceptors (Lipinski definition) is 5. The number of amides is 1. The van der Waals surface area contributed by atoms with Gasteiger partial charge in [-0.2, -0.15) is 0 Å². The molecule has 5 N–H and O–H groups in total. The van der Waals surface area contributed by atoms with Gasteiger partial charge in [0.25, 0.3) is 0 Å². The van der Waals surface area contributed by atoms with Gasteiger partial charge < -0.3 is 26.6 Å². The second-order valence-corrected chi connectivity index (χ2v) is 12.2. The maximum absolute atomic E-state index is 13.6. The average Bonchev–Trinajstić information content (AvgIpc) is 3.76. The number of hydrogen-bond donors (Lipinski definition) is 5. The number of rotatable bonds is 5. The number of fused-ring (bicyclic) bond motifs is 3. The number of nitrogens with one attached hydrogen (secondary N) is 5. The van der Waals surface area contributed by atoms with Gasteiger partial charge >= 0.3 is 0 Å². The van der Waals surface area contributed by atoms with Gasteiger partial charge in [-0.1, -0.05) is 56.3 Å². The maximum atomic E-state index is 13.6. The molecule has 5 unspecified atom stereocenters. The van der Waals surface area contributed by atoms with Crippen molar-refractivity contribution in [1.29, 1.82) is 0 Å². The summed E-state index contributed by atoms with van der Waals surface area (Å²) < 4.78 is 27.2. The van der Waals surface area contributed by atoms with Gasteiger partial charge in [-0.25, -0.2) is 8.78 Å². The van der Waals surface area contributed by atoms with Crippen molar-refractivity contribution in [3.63, 3.8) is 0 Å². The Morgan fingerprint density at radius 3 is 2.20 bits per heavy atom. The topological polar surface area (TPSA) is 77.2 Å². The van der Waals surface area contributed by atoms with Crippen LogP contribution in [0.2, 0.25) is 0 Å². The van der Waals surface area contributed by atoms with Gasteiger partial charge in [0.05, 0.1) is 11.7 Å². The molecule has 1 amide bonds. The van der Waals surface area contributed by atoms with Crippen molar-refractivity contribution < 1.29 is 13.6 Å². The van der Waals surface area contributed by atoms with Crippen molar-refractivity contribution in [3.05, 3.63) is 83.6 Å². The molecule has 1 aliphatic carbocycles. The minimum absolute atomic E-state index is 0.0123. The molecule has 41 heavy (non-hydrogen) atoms. The molecule has 0 bridgehead atoms. The molecule has 3 heterocycles. The van der Waals surface area contributed by atoms with E-state index in [1.807, 2.05) is 12.3 Å². The highest BCUT2D eigenvalue weighted by atomic mass is 19.1. The van der Waals surface area contributed by atoms with Crippen molar-refractivity contribution in [2.45, 2.75) is 62.7 Å². The standard InChI is InChI=1S/C33H35F2N5O/c1-33(2)26-11-20(18-3-5-19(6-4-18)30-17-38-31(40-30)28-12-21(34)15-36-28)7-9-24(26)25-10-8-23(14-27(25)33)39-32(41)29-13-22(35)16-37-29/h3-11,14,17,21-22,28-29,31,36-38,40H,12-13,15-16H2,1-2H3,(H,39,41). The Bertz CT molecular complexity index is 1540. The van der Waals surface area contributed by atoms with Crippen molar-refractivity contribution in [3.8, 4) is 22.3 Å². The van der Waals surface area contributed by atoms with E-state index in [-0.39, 0.29) is 36.5 Å². The van der Waals surface area contributed by atoms with E-state index < -0.39 is 18.4 Å². The molecule has 0 saturated carbocycles. The van der Waals surface area contributed by atoms with Crippen molar-refractivity contribution in [2.75, 3.05) is 18.4 Å². The third-order valence-electron chi connectivity index (χ3n) is 9.10. The molecule has 0 spiro atoms. The molecule has 3 aliphatic heterocycles. The monoisotopic (exact) mass is 555 g/mol. The Kier molecular flexibility index (Phi) is 6.36. The minimum Gasteiger partial charge on any atom is -0.368 e. The predicted octanol–water partition coefficient (Wildman–Crippen LogP) is 4.82. The highest BCUT2D eigenvalue weighted by Gasteiger charge is 2.37. The first kappa shape index (κ1) is 26.2. The third-order valence-corrected chi connectivity index (χ3v) is 9.10. The average molecular weight is 556 g/mol. The molecule has 5 atom stereocenters. The fourth-order valence-corrected chi connectivity index (χ4v) is 6.74. The number of alkyl halides is 2. The number of anilines is 1. The van der Waals surface area contributed by atoms with Crippen LogP contribution in [0.5, 0.6) is 0 Å². The van der Waals surface area contributed by atoms with Crippen LogP contribution >= 0.6 is 0 Å². The first-order valence-electron chi connectivity index (χ1n) is 14.4. The van der Waals surface area contributed by atoms with Crippen LogP contribution in [0.1, 0.15) is 43.4 Å². The van der Waals surface area contributed by atoms with Crippen molar-refractivity contribution in [1.82, 2.24) is 21.3 Å². The lowest BCUT2D eigenvalue weighted by molar-refractivity contribution is -0.117. The van der Waals surface area contributed by atoms with Crippen LogP contribution in [0, 0.1) is 0 Å². The normalized spacial score (nSPS) is 27.5. The van der Waals surface area contributed by atoms with E-state index in [4.69, 9.17) is 0 Å². The van der Waals surface area contributed by atoms with Crippen LogP contribution in [-0.4, -0.2) is 49.6 Å². The summed E-state index contributed by atoms with van der Waals surface area (Å²) in [5.41, 5.74) is 9.63. The van der Waals surface area contributed by atoms with Crippen LogP contribution < -0.4 is 26.6 Å². The minimum atomic E-state index is -0.976. The number of carbonyl (C=O) groups is 1. The smallest absolute Gasteiger partial charge is 0.241 e. The molecular formula is C33H35F2N5O. The van der Waals surface area contributed by atoms with Crippen molar-refractivity contribution >= 4 is 17.3 Å². The van der Waals surface area contributed by atoms with Gasteiger partial charge in [0.1, 0.15) is 18.5 Å². The molecule has 4 aliphatic rings. The Balaban J connectivity index is 1.08. The molecule has 6 nitrogen and oxygen atoms in total. The zero-order valence-electron chi connectivity index (χ0n) is 23.2. The molecule has 212 valence electrons. The van der Waals surface area contributed by atoms with E-state index in [1.54, 1.807) is 0 Å². The molecule has 0 aromatic heterocycles. The SMILES string of the molecule is CC1(C)c2cc(NC(=O)C3CC(F)CN3)ccc2-c2ccc(-c3ccc(C4=CNC(C5CC(F)CN5)N4)cc3)cc21. The number of benzene rings is 3. The Labute approximate surface area is 239 Å². The van der Waals surface area contributed by atoms with Gasteiger partial charge in [0.2, 0.25) is 5.91 Å². The Morgan fingerprint density at radius 1 is 0.829 bits per heavy atom. The van der Waals surface area contributed by atoms with Crippen LogP contribution in [-0.2, 0) is 10.2 Å². The van der Waals surface area contributed by atoms with Crippen LogP contribution in [0.4, 0.5) is 14.5 Å². The van der Waals surface area contributed by atoms with Gasteiger partial charge in [0.15, 0.2) is 0 Å². The molecule has 3 aromatic rings. The van der Waals surface area contributed by atoms with Crippen molar-refractivity contribution in [2.24, 2.45) is 0 Å². The van der Waals surface area contributed by atoms with Gasteiger partial charge in [-0.15, -0.1) is 0 Å².